The number of nitrogens with one attached hydrogen (secondary N) is 1. The Balaban J connectivity index is 2.13. The van der Waals surface area contributed by atoms with Crippen molar-refractivity contribution < 1.29 is 4.74 Å². The summed E-state index contributed by atoms with van der Waals surface area (Å²) in [6.45, 7) is 0. The smallest absolute Gasteiger partial charge is 0.251 e. The zero-order valence-corrected chi connectivity index (χ0v) is 11.2. The molecule has 1 heterocycles. The van der Waals surface area contributed by atoms with Crippen molar-refractivity contribution in [1.82, 2.24) is 9.97 Å². The topological polar surface area (TPSA) is 55.0 Å². The van der Waals surface area contributed by atoms with Crippen molar-refractivity contribution in [3.63, 3.8) is 0 Å². The van der Waals surface area contributed by atoms with Crippen LogP contribution in [0.3, 0.4) is 0 Å². The van der Waals surface area contributed by atoms with Gasteiger partial charge in [-0.15, -0.1) is 0 Å². The Morgan fingerprint density at radius 1 is 1.37 bits per heavy atom. The van der Waals surface area contributed by atoms with Crippen molar-refractivity contribution in [2.24, 2.45) is 0 Å². The van der Waals surface area contributed by atoms with Gasteiger partial charge in [-0.05, 0) is 31.0 Å². The van der Waals surface area contributed by atoms with Crippen LogP contribution in [-0.2, 0) is 0 Å². The number of rotatable bonds is 3. The van der Waals surface area contributed by atoms with Gasteiger partial charge in [-0.2, -0.15) is 0 Å². The maximum absolute atomic E-state index is 11.7. The van der Waals surface area contributed by atoms with Gasteiger partial charge < -0.3 is 9.72 Å². The van der Waals surface area contributed by atoms with Crippen LogP contribution in [0.5, 0.6) is 5.75 Å². The molecule has 0 saturated heterocycles. The molecule has 98 valence electrons. The van der Waals surface area contributed by atoms with E-state index in [4.69, 9.17) is 16.3 Å². The molecule has 0 bridgehead atoms. The van der Waals surface area contributed by atoms with E-state index in [-0.39, 0.29) is 5.56 Å². The Hall–Kier alpha value is -1.81. The molecule has 1 aromatic heterocycles. The fourth-order valence-corrected chi connectivity index (χ4v) is 2.21. The summed E-state index contributed by atoms with van der Waals surface area (Å²) in [7, 11) is 1.57. The molecule has 1 aliphatic carbocycles. The number of nitrogens with zero attached hydrogens (tertiary/aromatic N) is 1. The van der Waals surface area contributed by atoms with Crippen LogP contribution in [0.25, 0.3) is 11.4 Å². The van der Waals surface area contributed by atoms with Gasteiger partial charge >= 0.3 is 0 Å². The third-order valence-corrected chi connectivity index (χ3v) is 3.41. The lowest BCUT2D eigenvalue weighted by Crippen LogP contribution is -2.10. The Bertz CT molecular complexity index is 677. The van der Waals surface area contributed by atoms with E-state index in [1.165, 1.54) is 0 Å². The number of halogens is 1. The second-order valence-electron chi connectivity index (χ2n) is 4.64. The van der Waals surface area contributed by atoms with E-state index in [9.17, 15) is 4.79 Å². The molecule has 1 aromatic carbocycles. The molecule has 2 aromatic rings. The highest BCUT2D eigenvalue weighted by Gasteiger charge is 2.26. The summed E-state index contributed by atoms with van der Waals surface area (Å²) in [6, 6.07) is 6.84. The maximum Gasteiger partial charge on any atom is 0.251 e. The molecule has 0 spiro atoms. The molecular weight excluding hydrogens is 264 g/mol. The van der Waals surface area contributed by atoms with Gasteiger partial charge in [0.1, 0.15) is 11.6 Å². The lowest BCUT2D eigenvalue weighted by molar-refractivity contribution is 0.416. The normalized spacial score (nSPS) is 14.4. The summed E-state index contributed by atoms with van der Waals surface area (Å²) in [4.78, 5) is 19.0. The molecule has 0 amide bonds. The summed E-state index contributed by atoms with van der Waals surface area (Å²) in [5.41, 5.74) is 1.46. The van der Waals surface area contributed by atoms with Crippen LogP contribution in [0.4, 0.5) is 0 Å². The lowest BCUT2D eigenvalue weighted by Gasteiger charge is -2.09. The molecule has 1 aliphatic rings. The number of methoxy groups -OCH3 is 1. The van der Waals surface area contributed by atoms with Crippen molar-refractivity contribution in [1.29, 1.82) is 0 Å². The number of aromatic nitrogens is 2. The SMILES string of the molecule is COc1cc(Cl)ccc1-c1nc(C2CC2)cc(=O)[nH]1. The molecule has 19 heavy (non-hydrogen) atoms. The van der Waals surface area contributed by atoms with Crippen molar-refractivity contribution in [2.75, 3.05) is 7.11 Å². The fourth-order valence-electron chi connectivity index (χ4n) is 2.05. The van der Waals surface area contributed by atoms with Crippen molar-refractivity contribution >= 4 is 11.6 Å². The molecule has 1 saturated carbocycles. The zero-order chi connectivity index (χ0) is 13.4. The van der Waals surface area contributed by atoms with Gasteiger partial charge in [0.15, 0.2) is 0 Å². The van der Waals surface area contributed by atoms with Crippen LogP contribution in [-0.4, -0.2) is 17.1 Å². The average Bonchev–Trinajstić information content (AvgIpc) is 3.22. The minimum atomic E-state index is -0.135. The molecule has 1 fully saturated rings. The molecule has 5 heteroatoms. The number of hydrogen-bond acceptors (Lipinski definition) is 3. The van der Waals surface area contributed by atoms with E-state index in [0.717, 1.165) is 24.1 Å². The third-order valence-electron chi connectivity index (χ3n) is 3.18. The Labute approximate surface area is 115 Å². The van der Waals surface area contributed by atoms with Crippen LogP contribution < -0.4 is 10.3 Å². The minimum Gasteiger partial charge on any atom is -0.496 e. The summed E-state index contributed by atoms with van der Waals surface area (Å²) in [5.74, 6) is 1.56. The zero-order valence-electron chi connectivity index (χ0n) is 10.4. The van der Waals surface area contributed by atoms with Gasteiger partial charge in [-0.1, -0.05) is 11.6 Å². The molecule has 3 rings (SSSR count). The fraction of sp³-hybridized carbons (Fsp3) is 0.286. The quantitative estimate of drug-likeness (QED) is 0.938. The van der Waals surface area contributed by atoms with Gasteiger partial charge in [0.25, 0.3) is 5.56 Å². The van der Waals surface area contributed by atoms with E-state index in [2.05, 4.69) is 9.97 Å². The highest BCUT2D eigenvalue weighted by Crippen LogP contribution is 2.39. The first-order valence-corrected chi connectivity index (χ1v) is 6.50. The maximum atomic E-state index is 11.7. The predicted octanol–water partition coefficient (Wildman–Crippen LogP) is 2.98. The molecular formula is C14H13ClN2O2. The van der Waals surface area contributed by atoms with Crippen molar-refractivity contribution in [3.8, 4) is 17.1 Å². The Morgan fingerprint density at radius 3 is 2.84 bits per heavy atom. The predicted molar refractivity (Wildman–Crippen MR) is 73.8 cm³/mol. The van der Waals surface area contributed by atoms with Gasteiger partial charge in [-0.25, -0.2) is 4.98 Å². The van der Waals surface area contributed by atoms with Gasteiger partial charge in [0.2, 0.25) is 0 Å². The first-order chi connectivity index (χ1) is 9.17. The van der Waals surface area contributed by atoms with Crippen molar-refractivity contribution in [2.45, 2.75) is 18.8 Å². The Morgan fingerprint density at radius 2 is 2.16 bits per heavy atom. The lowest BCUT2D eigenvalue weighted by atomic mass is 10.1. The molecule has 0 radical (unpaired) electrons. The monoisotopic (exact) mass is 276 g/mol. The first-order valence-electron chi connectivity index (χ1n) is 6.12. The second-order valence-corrected chi connectivity index (χ2v) is 5.07. The van der Waals surface area contributed by atoms with Gasteiger partial charge in [-0.3, -0.25) is 4.79 Å². The highest BCUT2D eigenvalue weighted by atomic mass is 35.5. The van der Waals surface area contributed by atoms with E-state index >= 15 is 0 Å². The van der Waals surface area contributed by atoms with Gasteiger partial charge in [0, 0.05) is 17.0 Å². The van der Waals surface area contributed by atoms with Crippen LogP contribution in [0.2, 0.25) is 5.02 Å². The minimum absolute atomic E-state index is 0.135. The summed E-state index contributed by atoms with van der Waals surface area (Å²) in [6.07, 6.45) is 2.21. The van der Waals surface area contributed by atoms with E-state index < -0.39 is 0 Å². The summed E-state index contributed by atoms with van der Waals surface area (Å²) in [5, 5.41) is 0.585. The van der Waals surface area contributed by atoms with E-state index in [0.29, 0.717) is 22.5 Å². The highest BCUT2D eigenvalue weighted by molar-refractivity contribution is 6.30. The number of benzene rings is 1. The standard InChI is InChI=1S/C14H13ClN2O2/c1-19-12-6-9(15)4-5-10(12)14-16-11(8-2-3-8)7-13(18)17-14/h4-8H,2-3H2,1H3,(H,16,17,18). The number of ether oxygens (including phenoxy) is 1. The van der Waals surface area contributed by atoms with Crippen LogP contribution in [0.15, 0.2) is 29.1 Å². The number of aromatic amines is 1. The number of hydrogen-bond donors (Lipinski definition) is 1. The molecule has 0 aliphatic heterocycles. The average molecular weight is 277 g/mol. The van der Waals surface area contributed by atoms with E-state index in [1.807, 2.05) is 0 Å². The van der Waals surface area contributed by atoms with Crippen LogP contribution >= 0.6 is 11.6 Å². The molecule has 1 N–H and O–H groups in total. The Kier molecular flexibility index (Phi) is 3.03. The summed E-state index contributed by atoms with van der Waals surface area (Å²) >= 11 is 5.93. The van der Waals surface area contributed by atoms with E-state index in [1.54, 1.807) is 31.4 Å². The van der Waals surface area contributed by atoms with Gasteiger partial charge in [0.05, 0.1) is 18.4 Å². The largest absolute Gasteiger partial charge is 0.496 e. The first kappa shape index (κ1) is 12.2. The van der Waals surface area contributed by atoms with Crippen molar-refractivity contribution in [3.05, 3.63) is 45.3 Å². The third kappa shape index (κ3) is 2.49. The second kappa shape index (κ2) is 4.70. The van der Waals surface area contributed by atoms with Crippen LogP contribution in [0.1, 0.15) is 24.5 Å². The molecule has 4 nitrogen and oxygen atoms in total. The number of H-pyrrole nitrogens is 1. The van der Waals surface area contributed by atoms with Crippen LogP contribution in [0, 0.1) is 0 Å². The molecule has 0 unspecified atom stereocenters. The summed E-state index contributed by atoms with van der Waals surface area (Å²) < 4.78 is 5.29. The molecule has 0 atom stereocenters.